The molecule has 0 radical (unpaired) electrons. The molecule has 0 bridgehead atoms. The number of para-hydroxylation sites is 1. The van der Waals surface area contributed by atoms with Crippen LogP contribution in [0.4, 0.5) is 17.3 Å². The second-order valence-corrected chi connectivity index (χ2v) is 9.95. The highest BCUT2D eigenvalue weighted by atomic mass is 35.5. The van der Waals surface area contributed by atoms with Gasteiger partial charge in [0.15, 0.2) is 0 Å². The Labute approximate surface area is 232 Å². The van der Waals surface area contributed by atoms with Gasteiger partial charge >= 0.3 is 0 Å². The second-order valence-electron chi connectivity index (χ2n) is 9.51. The van der Waals surface area contributed by atoms with Crippen LogP contribution < -0.4 is 16.4 Å². The topological polar surface area (TPSA) is 96.2 Å². The molecular formula is C31H29ClN6O. The van der Waals surface area contributed by atoms with Gasteiger partial charge in [-0.2, -0.15) is 0 Å². The largest absolute Gasteiger partial charge is 0.326 e. The number of nitrogens with two attached hydrogens (primary N) is 1. The zero-order chi connectivity index (χ0) is 27.4. The van der Waals surface area contributed by atoms with Crippen molar-refractivity contribution in [3.8, 4) is 11.3 Å². The van der Waals surface area contributed by atoms with Gasteiger partial charge in [-0.1, -0.05) is 54.1 Å². The number of amides is 1. The number of anilines is 3. The SMILES string of the molecule is CN(C)Cc1ccc(CN)c(NC(=O)c2ccc(Nc3nc(-c4ccc(Cl)cc4)c4ccccc4n3)cc2)c1. The Morgan fingerprint density at radius 1 is 0.923 bits per heavy atom. The Morgan fingerprint density at radius 2 is 1.67 bits per heavy atom. The van der Waals surface area contributed by atoms with Crippen LogP contribution in [0.25, 0.3) is 22.2 Å². The Morgan fingerprint density at radius 3 is 2.38 bits per heavy atom. The predicted molar refractivity (Wildman–Crippen MR) is 159 cm³/mol. The number of fused-ring (bicyclic) bond motifs is 1. The lowest BCUT2D eigenvalue weighted by molar-refractivity contribution is 0.102. The smallest absolute Gasteiger partial charge is 0.255 e. The molecule has 0 fully saturated rings. The Kier molecular flexibility index (Phi) is 7.84. The number of hydrogen-bond acceptors (Lipinski definition) is 6. The van der Waals surface area contributed by atoms with Gasteiger partial charge in [-0.15, -0.1) is 0 Å². The number of carbonyl (C=O) groups is 1. The molecule has 196 valence electrons. The molecule has 1 aromatic heterocycles. The van der Waals surface area contributed by atoms with Crippen LogP contribution in [0.15, 0.2) is 91.0 Å². The Balaban J connectivity index is 1.36. The molecular weight excluding hydrogens is 508 g/mol. The van der Waals surface area contributed by atoms with Crippen molar-refractivity contribution < 1.29 is 4.79 Å². The van der Waals surface area contributed by atoms with Crippen molar-refractivity contribution in [2.45, 2.75) is 13.1 Å². The molecule has 0 unspecified atom stereocenters. The van der Waals surface area contributed by atoms with Gasteiger partial charge in [-0.25, -0.2) is 9.97 Å². The maximum absolute atomic E-state index is 13.0. The highest BCUT2D eigenvalue weighted by Gasteiger charge is 2.13. The second kappa shape index (κ2) is 11.6. The molecule has 4 aromatic carbocycles. The molecule has 5 rings (SSSR count). The molecule has 0 aliphatic rings. The zero-order valence-electron chi connectivity index (χ0n) is 21.8. The van der Waals surface area contributed by atoms with E-state index in [4.69, 9.17) is 27.3 Å². The number of hydrogen-bond donors (Lipinski definition) is 3. The fourth-order valence-corrected chi connectivity index (χ4v) is 4.50. The summed E-state index contributed by atoms with van der Waals surface area (Å²) < 4.78 is 0. The van der Waals surface area contributed by atoms with Gasteiger partial charge in [0.1, 0.15) is 0 Å². The molecule has 5 aromatic rings. The van der Waals surface area contributed by atoms with E-state index in [9.17, 15) is 4.79 Å². The first-order chi connectivity index (χ1) is 18.9. The average Bonchev–Trinajstić information content (AvgIpc) is 2.93. The van der Waals surface area contributed by atoms with Crippen LogP contribution in [-0.4, -0.2) is 34.9 Å². The summed E-state index contributed by atoms with van der Waals surface area (Å²) in [5.74, 6) is 0.256. The molecule has 0 aliphatic carbocycles. The number of benzene rings is 4. The van der Waals surface area contributed by atoms with E-state index in [1.165, 1.54) is 0 Å². The lowest BCUT2D eigenvalue weighted by Gasteiger charge is -2.15. The van der Waals surface area contributed by atoms with Gasteiger partial charge in [0, 0.05) is 46.0 Å². The Hall–Kier alpha value is -4.30. The molecule has 0 spiro atoms. The maximum Gasteiger partial charge on any atom is 0.255 e. The van der Waals surface area contributed by atoms with Crippen LogP contribution in [0.5, 0.6) is 0 Å². The van der Waals surface area contributed by atoms with Gasteiger partial charge in [0.2, 0.25) is 5.95 Å². The summed E-state index contributed by atoms with van der Waals surface area (Å²) in [6.45, 7) is 1.11. The third kappa shape index (κ3) is 6.23. The predicted octanol–water partition coefficient (Wildman–Crippen LogP) is 6.47. The highest BCUT2D eigenvalue weighted by Crippen LogP contribution is 2.29. The van der Waals surface area contributed by atoms with Crippen molar-refractivity contribution in [3.05, 3.63) is 113 Å². The van der Waals surface area contributed by atoms with Gasteiger partial charge in [0.25, 0.3) is 5.91 Å². The minimum Gasteiger partial charge on any atom is -0.326 e. The van der Waals surface area contributed by atoms with Crippen molar-refractivity contribution >= 4 is 45.7 Å². The van der Waals surface area contributed by atoms with Crippen LogP contribution in [-0.2, 0) is 13.1 Å². The van der Waals surface area contributed by atoms with Crippen LogP contribution in [0, 0.1) is 0 Å². The first kappa shape index (κ1) is 26.3. The molecule has 0 saturated carbocycles. The molecule has 0 saturated heterocycles. The van der Waals surface area contributed by atoms with E-state index in [1.54, 1.807) is 12.1 Å². The summed E-state index contributed by atoms with van der Waals surface area (Å²) in [4.78, 5) is 24.6. The number of halogens is 1. The van der Waals surface area contributed by atoms with E-state index in [0.29, 0.717) is 23.1 Å². The first-order valence-corrected chi connectivity index (χ1v) is 12.9. The van der Waals surface area contributed by atoms with Crippen LogP contribution in [0.2, 0.25) is 5.02 Å². The minimum atomic E-state index is -0.203. The van der Waals surface area contributed by atoms with Crippen molar-refractivity contribution in [1.29, 1.82) is 0 Å². The van der Waals surface area contributed by atoms with Crippen LogP contribution in [0.1, 0.15) is 21.5 Å². The summed E-state index contributed by atoms with van der Waals surface area (Å²) in [6, 6.07) is 28.6. The third-order valence-corrected chi connectivity index (χ3v) is 6.52. The summed E-state index contributed by atoms with van der Waals surface area (Å²) in [6.07, 6.45) is 0. The zero-order valence-corrected chi connectivity index (χ0v) is 22.5. The molecule has 7 nitrogen and oxygen atoms in total. The van der Waals surface area contributed by atoms with Gasteiger partial charge < -0.3 is 21.3 Å². The van der Waals surface area contributed by atoms with E-state index >= 15 is 0 Å². The third-order valence-electron chi connectivity index (χ3n) is 6.27. The quantitative estimate of drug-likeness (QED) is 0.210. The molecule has 0 atom stereocenters. The Bertz CT molecular complexity index is 1620. The molecule has 39 heavy (non-hydrogen) atoms. The van der Waals surface area contributed by atoms with Crippen LogP contribution >= 0.6 is 11.6 Å². The lowest BCUT2D eigenvalue weighted by atomic mass is 10.1. The van der Waals surface area contributed by atoms with E-state index in [1.807, 2.05) is 93.0 Å². The van der Waals surface area contributed by atoms with Crippen molar-refractivity contribution in [3.63, 3.8) is 0 Å². The number of rotatable bonds is 8. The molecule has 1 heterocycles. The highest BCUT2D eigenvalue weighted by molar-refractivity contribution is 6.30. The number of nitrogens with one attached hydrogen (secondary N) is 2. The average molecular weight is 537 g/mol. The number of aromatic nitrogens is 2. The monoisotopic (exact) mass is 536 g/mol. The van der Waals surface area contributed by atoms with E-state index in [2.05, 4.69) is 15.5 Å². The summed E-state index contributed by atoms with van der Waals surface area (Å²) >= 11 is 6.10. The number of nitrogens with zero attached hydrogens (tertiary/aromatic N) is 3. The summed E-state index contributed by atoms with van der Waals surface area (Å²) in [5, 5.41) is 7.91. The van der Waals surface area contributed by atoms with Crippen molar-refractivity contribution in [2.24, 2.45) is 5.73 Å². The van der Waals surface area contributed by atoms with E-state index in [-0.39, 0.29) is 5.91 Å². The normalized spacial score (nSPS) is 11.1. The first-order valence-electron chi connectivity index (χ1n) is 12.6. The van der Waals surface area contributed by atoms with E-state index < -0.39 is 0 Å². The minimum absolute atomic E-state index is 0.203. The maximum atomic E-state index is 13.0. The molecule has 0 aliphatic heterocycles. The standard InChI is InChI=1S/C31H29ClN6O/c1-38(2)19-20-7-8-23(18-33)28(17-20)35-30(39)22-11-15-25(16-12-22)34-31-36-27-6-4-3-5-26(27)29(37-31)21-9-13-24(32)14-10-21/h3-17H,18-19,33H2,1-2H3,(H,35,39)(H,34,36,37). The van der Waals surface area contributed by atoms with Gasteiger partial charge in [-0.05, 0) is 73.8 Å². The fraction of sp³-hybridized carbons (Fsp3) is 0.129. The number of carbonyl (C=O) groups excluding carboxylic acids is 1. The van der Waals surface area contributed by atoms with Crippen molar-refractivity contribution in [1.82, 2.24) is 14.9 Å². The summed E-state index contributed by atoms with van der Waals surface area (Å²) in [7, 11) is 4.01. The summed E-state index contributed by atoms with van der Waals surface area (Å²) in [5.41, 5.74) is 12.5. The molecule has 8 heteroatoms. The molecule has 4 N–H and O–H groups in total. The van der Waals surface area contributed by atoms with Gasteiger partial charge in [0.05, 0.1) is 11.2 Å². The van der Waals surface area contributed by atoms with E-state index in [0.717, 1.165) is 51.2 Å². The lowest BCUT2D eigenvalue weighted by Crippen LogP contribution is -2.16. The van der Waals surface area contributed by atoms with Crippen molar-refractivity contribution in [2.75, 3.05) is 24.7 Å². The fourth-order valence-electron chi connectivity index (χ4n) is 4.37. The van der Waals surface area contributed by atoms with Crippen LogP contribution in [0.3, 0.4) is 0 Å². The van der Waals surface area contributed by atoms with Gasteiger partial charge in [-0.3, -0.25) is 4.79 Å². The molecule has 1 amide bonds.